The molecule has 0 fully saturated rings. The minimum Gasteiger partial charge on any atom is -0.463 e. The molecule has 2 aromatic rings. The van der Waals surface area contributed by atoms with Crippen LogP contribution in [0.1, 0.15) is 21.9 Å². The number of nitrogens with one attached hydrogen (secondary N) is 1. The van der Waals surface area contributed by atoms with Crippen molar-refractivity contribution in [3.8, 4) is 0 Å². The van der Waals surface area contributed by atoms with Gasteiger partial charge in [0.15, 0.2) is 0 Å². The minimum atomic E-state index is -0.469. The fraction of sp³-hybridized carbons (Fsp3) is 0.214. The van der Waals surface area contributed by atoms with Crippen molar-refractivity contribution in [1.82, 2.24) is 0 Å². The highest BCUT2D eigenvalue weighted by Gasteiger charge is 2.11. The zero-order valence-corrected chi connectivity index (χ0v) is 12.3. The summed E-state index contributed by atoms with van der Waals surface area (Å²) in [5.74, 6) is 0.416. The number of carbonyl (C=O) groups is 1. The van der Waals surface area contributed by atoms with Gasteiger partial charge in [0.2, 0.25) is 5.76 Å². The Kier molecular flexibility index (Phi) is 4.27. The van der Waals surface area contributed by atoms with Crippen molar-refractivity contribution in [2.24, 2.45) is 0 Å². The van der Waals surface area contributed by atoms with Gasteiger partial charge in [-0.3, -0.25) is 0 Å². The SMILES string of the molecule is COC(=O)c1ccc(CNc2cccc(C)c2Br)o1. The molecule has 0 amide bonds. The summed E-state index contributed by atoms with van der Waals surface area (Å²) in [5, 5.41) is 3.25. The van der Waals surface area contributed by atoms with Crippen LogP contribution in [0.5, 0.6) is 0 Å². The largest absolute Gasteiger partial charge is 0.463 e. The zero-order chi connectivity index (χ0) is 13.8. The van der Waals surface area contributed by atoms with Crippen LogP contribution in [0.3, 0.4) is 0 Å². The van der Waals surface area contributed by atoms with Gasteiger partial charge in [0.1, 0.15) is 5.76 Å². The van der Waals surface area contributed by atoms with Gasteiger partial charge in [-0.25, -0.2) is 4.79 Å². The van der Waals surface area contributed by atoms with E-state index in [1.165, 1.54) is 7.11 Å². The Morgan fingerprint density at radius 1 is 1.37 bits per heavy atom. The van der Waals surface area contributed by atoms with E-state index in [0.717, 1.165) is 15.7 Å². The lowest BCUT2D eigenvalue weighted by atomic mass is 10.2. The zero-order valence-electron chi connectivity index (χ0n) is 10.7. The predicted octanol–water partition coefficient (Wildman–Crippen LogP) is 3.75. The molecule has 0 spiro atoms. The maximum absolute atomic E-state index is 11.3. The molecule has 1 aromatic heterocycles. The highest BCUT2D eigenvalue weighted by molar-refractivity contribution is 9.10. The van der Waals surface area contributed by atoms with Crippen LogP contribution >= 0.6 is 15.9 Å². The van der Waals surface area contributed by atoms with Crippen molar-refractivity contribution >= 4 is 27.6 Å². The molecule has 0 unspecified atom stereocenters. The molecule has 19 heavy (non-hydrogen) atoms. The van der Waals surface area contributed by atoms with Crippen LogP contribution in [0.15, 0.2) is 39.2 Å². The van der Waals surface area contributed by atoms with Crippen LogP contribution in [-0.4, -0.2) is 13.1 Å². The first-order chi connectivity index (χ1) is 9.11. The summed E-state index contributed by atoms with van der Waals surface area (Å²) in [6, 6.07) is 9.33. The van der Waals surface area contributed by atoms with E-state index >= 15 is 0 Å². The van der Waals surface area contributed by atoms with Crippen molar-refractivity contribution in [3.63, 3.8) is 0 Å². The first-order valence-electron chi connectivity index (χ1n) is 5.78. The average molecular weight is 324 g/mol. The molecular formula is C14H14BrNO3. The standard InChI is InChI=1S/C14H14BrNO3/c1-9-4-3-5-11(13(9)15)16-8-10-6-7-12(19-10)14(17)18-2/h3-7,16H,8H2,1-2H3. The van der Waals surface area contributed by atoms with Crippen molar-refractivity contribution in [3.05, 3.63) is 51.9 Å². The number of esters is 1. The number of hydrogen-bond donors (Lipinski definition) is 1. The predicted molar refractivity (Wildman–Crippen MR) is 76.3 cm³/mol. The molecule has 0 aliphatic heterocycles. The Hall–Kier alpha value is -1.75. The van der Waals surface area contributed by atoms with Gasteiger partial charge in [0.05, 0.1) is 13.7 Å². The maximum atomic E-state index is 11.3. The first-order valence-corrected chi connectivity index (χ1v) is 6.57. The lowest BCUT2D eigenvalue weighted by Gasteiger charge is -2.08. The van der Waals surface area contributed by atoms with Crippen LogP contribution in [0.2, 0.25) is 0 Å². The number of halogens is 1. The fourth-order valence-electron chi connectivity index (χ4n) is 1.65. The van der Waals surface area contributed by atoms with E-state index in [2.05, 4.69) is 26.0 Å². The normalized spacial score (nSPS) is 10.3. The molecule has 2 rings (SSSR count). The maximum Gasteiger partial charge on any atom is 0.373 e. The van der Waals surface area contributed by atoms with Gasteiger partial charge in [0.25, 0.3) is 0 Å². The summed E-state index contributed by atoms with van der Waals surface area (Å²) < 4.78 is 11.0. The van der Waals surface area contributed by atoms with Gasteiger partial charge in [-0.05, 0) is 46.6 Å². The Morgan fingerprint density at radius 3 is 2.89 bits per heavy atom. The quantitative estimate of drug-likeness (QED) is 0.870. The topological polar surface area (TPSA) is 51.5 Å². The van der Waals surface area contributed by atoms with Crippen molar-refractivity contribution < 1.29 is 13.9 Å². The molecule has 0 aliphatic carbocycles. The summed E-state index contributed by atoms with van der Waals surface area (Å²) in [6.45, 7) is 2.52. The molecule has 0 atom stereocenters. The molecule has 1 N–H and O–H groups in total. The second-order valence-corrected chi connectivity index (χ2v) is 4.84. The lowest BCUT2D eigenvalue weighted by molar-refractivity contribution is 0.0563. The summed E-state index contributed by atoms with van der Waals surface area (Å²) in [7, 11) is 1.33. The summed E-state index contributed by atoms with van der Waals surface area (Å²) in [6.07, 6.45) is 0. The monoisotopic (exact) mass is 323 g/mol. The van der Waals surface area contributed by atoms with Crippen LogP contribution in [0, 0.1) is 6.92 Å². The number of ether oxygens (including phenoxy) is 1. The lowest BCUT2D eigenvalue weighted by Crippen LogP contribution is -2.01. The molecular weight excluding hydrogens is 310 g/mol. The highest BCUT2D eigenvalue weighted by atomic mass is 79.9. The van der Waals surface area contributed by atoms with Crippen molar-refractivity contribution in [2.45, 2.75) is 13.5 Å². The van der Waals surface area contributed by atoms with E-state index in [1.54, 1.807) is 12.1 Å². The smallest absolute Gasteiger partial charge is 0.373 e. The van der Waals surface area contributed by atoms with Crippen LogP contribution < -0.4 is 5.32 Å². The van der Waals surface area contributed by atoms with Gasteiger partial charge in [-0.15, -0.1) is 0 Å². The van der Waals surface area contributed by atoms with Gasteiger partial charge >= 0.3 is 5.97 Å². The Morgan fingerprint density at radius 2 is 2.16 bits per heavy atom. The van der Waals surface area contributed by atoms with E-state index in [9.17, 15) is 4.79 Å². The number of carbonyl (C=O) groups excluding carboxylic acids is 1. The summed E-state index contributed by atoms with van der Waals surface area (Å²) >= 11 is 3.53. The summed E-state index contributed by atoms with van der Waals surface area (Å²) in [5.41, 5.74) is 2.13. The second-order valence-electron chi connectivity index (χ2n) is 4.05. The summed E-state index contributed by atoms with van der Waals surface area (Å²) in [4.78, 5) is 11.3. The number of furan rings is 1. The number of rotatable bonds is 4. The second kappa shape index (κ2) is 5.93. The fourth-order valence-corrected chi connectivity index (χ4v) is 2.05. The van der Waals surface area contributed by atoms with Crippen LogP contribution in [0.25, 0.3) is 0 Å². The van der Waals surface area contributed by atoms with E-state index in [-0.39, 0.29) is 5.76 Å². The molecule has 0 radical (unpaired) electrons. The molecule has 0 saturated carbocycles. The number of anilines is 1. The highest BCUT2D eigenvalue weighted by Crippen LogP contribution is 2.26. The first kappa shape index (κ1) is 13.7. The van der Waals surface area contributed by atoms with Gasteiger partial charge in [-0.1, -0.05) is 12.1 Å². The van der Waals surface area contributed by atoms with Crippen molar-refractivity contribution in [2.75, 3.05) is 12.4 Å². The Labute approximate surface area is 119 Å². The van der Waals surface area contributed by atoms with Crippen molar-refractivity contribution in [1.29, 1.82) is 0 Å². The molecule has 1 heterocycles. The molecule has 0 saturated heterocycles. The third kappa shape index (κ3) is 3.17. The molecule has 4 nitrogen and oxygen atoms in total. The number of methoxy groups -OCH3 is 1. The van der Waals surface area contributed by atoms with Crippen LogP contribution in [0.4, 0.5) is 5.69 Å². The van der Waals surface area contributed by atoms with Crippen LogP contribution in [-0.2, 0) is 11.3 Å². The average Bonchev–Trinajstić information content (AvgIpc) is 2.88. The third-order valence-corrected chi connectivity index (χ3v) is 3.75. The van der Waals surface area contributed by atoms with E-state index < -0.39 is 5.97 Å². The van der Waals surface area contributed by atoms with E-state index in [1.807, 2.05) is 25.1 Å². The number of aryl methyl sites for hydroxylation is 1. The third-order valence-electron chi connectivity index (χ3n) is 2.69. The van der Waals surface area contributed by atoms with Gasteiger partial charge < -0.3 is 14.5 Å². The molecule has 0 aliphatic rings. The van der Waals surface area contributed by atoms with E-state index in [0.29, 0.717) is 12.3 Å². The molecule has 0 bridgehead atoms. The molecule has 1 aromatic carbocycles. The van der Waals surface area contributed by atoms with E-state index in [4.69, 9.17) is 4.42 Å². The number of benzene rings is 1. The number of hydrogen-bond acceptors (Lipinski definition) is 4. The minimum absolute atomic E-state index is 0.211. The van der Waals surface area contributed by atoms with Gasteiger partial charge in [-0.2, -0.15) is 0 Å². The molecule has 100 valence electrons. The Balaban J connectivity index is 2.04. The Bertz CT molecular complexity index is 592. The van der Waals surface area contributed by atoms with Gasteiger partial charge in [0, 0.05) is 10.2 Å². The molecule has 5 heteroatoms.